The van der Waals surface area contributed by atoms with Crippen molar-refractivity contribution in [2.75, 3.05) is 6.54 Å². The zero-order valence-electron chi connectivity index (χ0n) is 10.5. The lowest BCUT2D eigenvalue weighted by Crippen LogP contribution is -2.32. The maximum Gasteiger partial charge on any atom is 0.140 e. The van der Waals surface area contributed by atoms with E-state index in [9.17, 15) is 0 Å². The van der Waals surface area contributed by atoms with Gasteiger partial charge in [0.15, 0.2) is 0 Å². The molecule has 1 aliphatic carbocycles. The van der Waals surface area contributed by atoms with Gasteiger partial charge in [-0.15, -0.1) is 10.2 Å². The summed E-state index contributed by atoms with van der Waals surface area (Å²) in [6.07, 6.45) is 5.16. The van der Waals surface area contributed by atoms with Gasteiger partial charge in [0.25, 0.3) is 0 Å². The van der Waals surface area contributed by atoms with Crippen molar-refractivity contribution in [2.45, 2.75) is 57.9 Å². The molecule has 0 aliphatic heterocycles. The predicted octanol–water partition coefficient (Wildman–Crippen LogP) is 1.94. The maximum absolute atomic E-state index is 5.83. The minimum atomic E-state index is -0.0795. The molecule has 4 heteroatoms. The lowest BCUT2D eigenvalue weighted by molar-refractivity contribution is 0.415. The first kappa shape index (κ1) is 11.6. The molecule has 0 atom stereocenters. The molecule has 1 heterocycles. The monoisotopic (exact) mass is 222 g/mol. The van der Waals surface area contributed by atoms with Gasteiger partial charge in [0, 0.05) is 18.0 Å². The molecule has 0 radical (unpaired) electrons. The predicted molar refractivity (Wildman–Crippen MR) is 64.3 cm³/mol. The van der Waals surface area contributed by atoms with E-state index in [1.165, 1.54) is 25.7 Å². The summed E-state index contributed by atoms with van der Waals surface area (Å²) in [5.74, 6) is 2.09. The third-order valence-corrected chi connectivity index (χ3v) is 3.67. The Balaban J connectivity index is 2.39. The molecule has 1 aromatic rings. The first-order chi connectivity index (χ1) is 7.56. The molecule has 0 spiro atoms. The topological polar surface area (TPSA) is 56.7 Å². The van der Waals surface area contributed by atoms with Crippen LogP contribution in [0.2, 0.25) is 0 Å². The van der Waals surface area contributed by atoms with Crippen LogP contribution in [0, 0.1) is 6.92 Å². The van der Waals surface area contributed by atoms with Crippen molar-refractivity contribution in [3.05, 3.63) is 11.6 Å². The van der Waals surface area contributed by atoms with Gasteiger partial charge in [-0.3, -0.25) is 0 Å². The van der Waals surface area contributed by atoms with Crippen LogP contribution in [0.25, 0.3) is 0 Å². The highest BCUT2D eigenvalue weighted by Gasteiger charge is 2.30. The molecule has 0 saturated heterocycles. The van der Waals surface area contributed by atoms with Crippen LogP contribution in [-0.2, 0) is 5.41 Å². The molecule has 0 unspecified atom stereocenters. The normalized spacial score (nSPS) is 18.2. The van der Waals surface area contributed by atoms with E-state index < -0.39 is 0 Å². The summed E-state index contributed by atoms with van der Waals surface area (Å²) < 4.78 is 2.32. The van der Waals surface area contributed by atoms with Crippen LogP contribution in [-0.4, -0.2) is 21.3 Å². The zero-order valence-corrected chi connectivity index (χ0v) is 10.5. The summed E-state index contributed by atoms with van der Waals surface area (Å²) in [5.41, 5.74) is 5.75. The van der Waals surface area contributed by atoms with Crippen LogP contribution < -0.4 is 5.73 Å². The smallest absolute Gasteiger partial charge is 0.140 e. The summed E-state index contributed by atoms with van der Waals surface area (Å²) in [5, 5.41) is 8.57. The van der Waals surface area contributed by atoms with Crippen molar-refractivity contribution in [3.63, 3.8) is 0 Å². The van der Waals surface area contributed by atoms with E-state index in [1.54, 1.807) is 0 Å². The molecular formula is C12H22N4. The van der Waals surface area contributed by atoms with Gasteiger partial charge in [-0.1, -0.05) is 26.7 Å². The molecular weight excluding hydrogens is 200 g/mol. The Morgan fingerprint density at radius 2 is 1.94 bits per heavy atom. The van der Waals surface area contributed by atoms with Gasteiger partial charge in [-0.05, 0) is 19.8 Å². The van der Waals surface area contributed by atoms with Gasteiger partial charge in [0.2, 0.25) is 0 Å². The SMILES string of the molecule is Cc1nnc(C(C)(C)CN)n1C1CCCC1. The number of aromatic nitrogens is 3. The number of rotatable bonds is 3. The second kappa shape index (κ2) is 4.17. The molecule has 0 amide bonds. The summed E-state index contributed by atoms with van der Waals surface area (Å²) in [7, 11) is 0. The van der Waals surface area contributed by atoms with Crippen molar-refractivity contribution >= 4 is 0 Å². The molecule has 0 aromatic carbocycles. The fourth-order valence-corrected chi connectivity index (χ4v) is 2.52. The molecule has 16 heavy (non-hydrogen) atoms. The Labute approximate surface area is 97.2 Å². The Bertz CT molecular complexity index is 361. The summed E-state index contributed by atoms with van der Waals surface area (Å²) >= 11 is 0. The molecule has 1 saturated carbocycles. The third-order valence-electron chi connectivity index (χ3n) is 3.67. The van der Waals surface area contributed by atoms with E-state index in [-0.39, 0.29) is 5.41 Å². The Morgan fingerprint density at radius 3 is 2.50 bits per heavy atom. The molecule has 90 valence electrons. The number of hydrogen-bond donors (Lipinski definition) is 1. The second-order valence-electron chi connectivity index (χ2n) is 5.47. The maximum atomic E-state index is 5.83. The van der Waals surface area contributed by atoms with Crippen LogP contribution in [0.3, 0.4) is 0 Å². The third kappa shape index (κ3) is 1.86. The Morgan fingerprint density at radius 1 is 1.31 bits per heavy atom. The van der Waals surface area contributed by atoms with Crippen LogP contribution in [0.1, 0.15) is 57.2 Å². The zero-order chi connectivity index (χ0) is 11.8. The van der Waals surface area contributed by atoms with Crippen LogP contribution in [0.5, 0.6) is 0 Å². The minimum absolute atomic E-state index is 0.0795. The van der Waals surface area contributed by atoms with E-state index in [4.69, 9.17) is 5.73 Å². The fourth-order valence-electron chi connectivity index (χ4n) is 2.52. The number of nitrogens with two attached hydrogens (primary N) is 1. The van der Waals surface area contributed by atoms with Gasteiger partial charge in [0.1, 0.15) is 11.6 Å². The largest absolute Gasteiger partial charge is 0.329 e. The fraction of sp³-hybridized carbons (Fsp3) is 0.833. The standard InChI is InChI=1S/C12H22N4/c1-9-14-15-11(12(2,3)8-13)16(9)10-6-4-5-7-10/h10H,4-8,13H2,1-3H3. The number of aryl methyl sites for hydroxylation is 1. The van der Waals surface area contributed by atoms with Gasteiger partial charge >= 0.3 is 0 Å². The van der Waals surface area contributed by atoms with E-state index in [0.29, 0.717) is 12.6 Å². The first-order valence-electron chi connectivity index (χ1n) is 6.18. The Kier molecular flexibility index (Phi) is 3.02. The summed E-state index contributed by atoms with van der Waals surface area (Å²) in [6.45, 7) is 6.93. The van der Waals surface area contributed by atoms with E-state index in [0.717, 1.165) is 11.6 Å². The van der Waals surface area contributed by atoms with Gasteiger partial charge in [0.05, 0.1) is 0 Å². The van der Waals surface area contributed by atoms with E-state index >= 15 is 0 Å². The van der Waals surface area contributed by atoms with Gasteiger partial charge in [-0.25, -0.2) is 0 Å². The van der Waals surface area contributed by atoms with Crippen LogP contribution in [0.15, 0.2) is 0 Å². The number of nitrogens with zero attached hydrogens (tertiary/aromatic N) is 3. The highest BCUT2D eigenvalue weighted by Crippen LogP contribution is 2.33. The van der Waals surface area contributed by atoms with Crippen molar-refractivity contribution in [2.24, 2.45) is 5.73 Å². The first-order valence-corrected chi connectivity index (χ1v) is 6.18. The second-order valence-corrected chi connectivity index (χ2v) is 5.47. The minimum Gasteiger partial charge on any atom is -0.329 e. The van der Waals surface area contributed by atoms with Crippen LogP contribution >= 0.6 is 0 Å². The molecule has 2 N–H and O–H groups in total. The van der Waals surface area contributed by atoms with Crippen molar-refractivity contribution in [3.8, 4) is 0 Å². The summed E-state index contributed by atoms with van der Waals surface area (Å²) in [6, 6.07) is 0.593. The lowest BCUT2D eigenvalue weighted by atomic mass is 9.92. The van der Waals surface area contributed by atoms with E-state index in [2.05, 4.69) is 28.6 Å². The highest BCUT2D eigenvalue weighted by atomic mass is 15.3. The average Bonchev–Trinajstić information content (AvgIpc) is 2.86. The van der Waals surface area contributed by atoms with Gasteiger partial charge < -0.3 is 10.3 Å². The number of hydrogen-bond acceptors (Lipinski definition) is 3. The van der Waals surface area contributed by atoms with E-state index in [1.807, 2.05) is 6.92 Å². The summed E-state index contributed by atoms with van der Waals surface area (Å²) in [4.78, 5) is 0. The molecule has 4 nitrogen and oxygen atoms in total. The average molecular weight is 222 g/mol. The molecule has 1 fully saturated rings. The molecule has 0 bridgehead atoms. The van der Waals surface area contributed by atoms with Crippen molar-refractivity contribution in [1.29, 1.82) is 0 Å². The quantitative estimate of drug-likeness (QED) is 0.850. The van der Waals surface area contributed by atoms with Crippen molar-refractivity contribution < 1.29 is 0 Å². The molecule has 2 rings (SSSR count). The Hall–Kier alpha value is -0.900. The highest BCUT2D eigenvalue weighted by molar-refractivity contribution is 5.10. The van der Waals surface area contributed by atoms with Gasteiger partial charge in [-0.2, -0.15) is 0 Å². The lowest BCUT2D eigenvalue weighted by Gasteiger charge is -2.25. The van der Waals surface area contributed by atoms with Crippen LogP contribution in [0.4, 0.5) is 0 Å². The molecule has 1 aromatic heterocycles. The molecule has 1 aliphatic rings. The van der Waals surface area contributed by atoms with Crippen molar-refractivity contribution in [1.82, 2.24) is 14.8 Å².